The monoisotopic (exact) mass is 300 g/mol. The minimum absolute atomic E-state index is 0.142. The van der Waals surface area contributed by atoms with Crippen molar-refractivity contribution in [1.29, 1.82) is 0 Å². The van der Waals surface area contributed by atoms with Gasteiger partial charge < -0.3 is 9.73 Å². The highest BCUT2D eigenvalue weighted by molar-refractivity contribution is 6.33. The quantitative estimate of drug-likeness (QED) is 0.762. The summed E-state index contributed by atoms with van der Waals surface area (Å²) in [7, 11) is 0. The molecule has 5 heteroatoms. The molecule has 3 rings (SSSR count). The number of nitrogens with one attached hydrogen (secondary N) is 1. The molecule has 0 spiro atoms. The van der Waals surface area contributed by atoms with E-state index in [0.29, 0.717) is 27.7 Å². The van der Waals surface area contributed by atoms with Crippen molar-refractivity contribution in [2.45, 2.75) is 13.8 Å². The zero-order valence-electron chi connectivity index (χ0n) is 11.6. The molecule has 0 saturated carbocycles. The smallest absolute Gasteiger partial charge is 0.228 e. The zero-order valence-corrected chi connectivity index (χ0v) is 12.4. The van der Waals surface area contributed by atoms with Crippen molar-refractivity contribution in [2.24, 2.45) is 0 Å². The van der Waals surface area contributed by atoms with Crippen LogP contribution in [0.25, 0.3) is 22.6 Å². The molecule has 0 aliphatic carbocycles. The number of hydrogen-bond acceptors (Lipinski definition) is 3. The number of rotatable bonds is 2. The van der Waals surface area contributed by atoms with E-state index in [-0.39, 0.29) is 5.91 Å². The number of aryl methyl sites for hydroxylation is 1. The van der Waals surface area contributed by atoms with Crippen LogP contribution in [0.15, 0.2) is 40.8 Å². The van der Waals surface area contributed by atoms with Crippen LogP contribution in [0.4, 0.5) is 5.69 Å². The molecule has 21 heavy (non-hydrogen) atoms. The summed E-state index contributed by atoms with van der Waals surface area (Å²) >= 11 is 6.21. The van der Waals surface area contributed by atoms with Gasteiger partial charge in [-0.15, -0.1) is 0 Å². The number of fused-ring (bicyclic) bond motifs is 1. The topological polar surface area (TPSA) is 55.1 Å². The first-order valence-corrected chi connectivity index (χ1v) is 6.85. The molecule has 0 unspecified atom stereocenters. The van der Waals surface area contributed by atoms with Crippen LogP contribution in [0.2, 0.25) is 5.02 Å². The van der Waals surface area contributed by atoms with Gasteiger partial charge in [0.25, 0.3) is 0 Å². The fourth-order valence-electron chi connectivity index (χ4n) is 2.12. The maximum atomic E-state index is 11.1. The van der Waals surface area contributed by atoms with Crippen LogP contribution in [0, 0.1) is 6.92 Å². The third kappa shape index (κ3) is 2.76. The molecule has 1 heterocycles. The molecule has 2 aromatic carbocycles. The molecule has 0 fully saturated rings. The lowest BCUT2D eigenvalue weighted by atomic mass is 10.2. The van der Waals surface area contributed by atoms with Crippen LogP contribution in [-0.4, -0.2) is 10.9 Å². The van der Waals surface area contributed by atoms with Crippen molar-refractivity contribution < 1.29 is 9.21 Å². The van der Waals surface area contributed by atoms with Crippen LogP contribution < -0.4 is 5.32 Å². The Morgan fingerprint density at radius 3 is 2.81 bits per heavy atom. The van der Waals surface area contributed by atoms with E-state index in [9.17, 15) is 4.79 Å². The molecular formula is C16H13ClN2O2. The maximum absolute atomic E-state index is 11.1. The number of carbonyl (C=O) groups is 1. The lowest BCUT2D eigenvalue weighted by Gasteiger charge is -2.05. The number of aromatic nitrogens is 1. The first-order valence-electron chi connectivity index (χ1n) is 6.47. The Bertz CT molecular complexity index is 839. The van der Waals surface area contributed by atoms with E-state index < -0.39 is 0 Å². The van der Waals surface area contributed by atoms with Gasteiger partial charge in [0.1, 0.15) is 5.52 Å². The van der Waals surface area contributed by atoms with Gasteiger partial charge in [0.05, 0.1) is 10.6 Å². The van der Waals surface area contributed by atoms with E-state index in [4.69, 9.17) is 16.0 Å². The van der Waals surface area contributed by atoms with E-state index in [2.05, 4.69) is 10.3 Å². The standard InChI is InChI=1S/C16H13ClN2O2/c1-9-3-6-14-15(7-9)21-16(19-14)12-8-11(18-10(2)20)4-5-13(12)17/h3-8H,1-2H3,(H,18,20). The molecule has 0 aliphatic rings. The number of halogens is 1. The summed E-state index contributed by atoms with van der Waals surface area (Å²) in [5.74, 6) is 0.296. The van der Waals surface area contributed by atoms with Crippen LogP contribution in [0.1, 0.15) is 12.5 Å². The van der Waals surface area contributed by atoms with Crippen molar-refractivity contribution >= 4 is 34.3 Å². The van der Waals surface area contributed by atoms with Crippen LogP contribution in [0.5, 0.6) is 0 Å². The van der Waals surface area contributed by atoms with Gasteiger partial charge in [-0.3, -0.25) is 4.79 Å². The average molecular weight is 301 g/mol. The summed E-state index contributed by atoms with van der Waals surface area (Å²) in [4.78, 5) is 15.6. The molecule has 0 atom stereocenters. The third-order valence-corrected chi connectivity index (χ3v) is 3.39. The van der Waals surface area contributed by atoms with Gasteiger partial charge in [-0.05, 0) is 42.8 Å². The van der Waals surface area contributed by atoms with Gasteiger partial charge >= 0.3 is 0 Å². The predicted molar refractivity (Wildman–Crippen MR) is 83.5 cm³/mol. The van der Waals surface area contributed by atoms with E-state index >= 15 is 0 Å². The first kappa shape index (κ1) is 13.6. The molecular weight excluding hydrogens is 288 g/mol. The number of oxazole rings is 1. The summed E-state index contributed by atoms with van der Waals surface area (Å²) in [6, 6.07) is 11.0. The highest BCUT2D eigenvalue weighted by Gasteiger charge is 2.13. The van der Waals surface area contributed by atoms with Crippen LogP contribution in [-0.2, 0) is 4.79 Å². The Morgan fingerprint density at radius 2 is 2.05 bits per heavy atom. The van der Waals surface area contributed by atoms with Gasteiger partial charge in [-0.25, -0.2) is 4.98 Å². The fraction of sp³-hybridized carbons (Fsp3) is 0.125. The minimum atomic E-state index is -0.142. The van der Waals surface area contributed by atoms with E-state index in [1.165, 1.54) is 6.92 Å². The van der Waals surface area contributed by atoms with Crippen LogP contribution in [0.3, 0.4) is 0 Å². The largest absolute Gasteiger partial charge is 0.436 e. The summed E-state index contributed by atoms with van der Waals surface area (Å²) < 4.78 is 5.77. The number of benzene rings is 2. The molecule has 1 N–H and O–H groups in total. The Balaban J connectivity index is 2.10. The number of anilines is 1. The Morgan fingerprint density at radius 1 is 1.24 bits per heavy atom. The van der Waals surface area contributed by atoms with E-state index in [1.807, 2.05) is 25.1 Å². The molecule has 1 aromatic heterocycles. The van der Waals surface area contributed by atoms with Gasteiger partial charge in [-0.1, -0.05) is 17.7 Å². The second-order valence-corrected chi connectivity index (χ2v) is 5.27. The summed E-state index contributed by atoms with van der Waals surface area (Å²) in [6.07, 6.45) is 0. The van der Waals surface area contributed by atoms with Crippen LogP contribution >= 0.6 is 11.6 Å². The Labute approximate surface area is 126 Å². The summed E-state index contributed by atoms with van der Waals surface area (Å²) in [5, 5.41) is 3.24. The second kappa shape index (κ2) is 5.22. The number of carbonyl (C=O) groups excluding carboxylic acids is 1. The third-order valence-electron chi connectivity index (χ3n) is 3.06. The van der Waals surface area contributed by atoms with Crippen molar-refractivity contribution in [2.75, 3.05) is 5.32 Å². The molecule has 3 aromatic rings. The van der Waals surface area contributed by atoms with Crippen molar-refractivity contribution in [3.05, 3.63) is 47.0 Å². The lowest BCUT2D eigenvalue weighted by Crippen LogP contribution is -2.05. The molecule has 0 aliphatic heterocycles. The molecule has 0 bridgehead atoms. The highest BCUT2D eigenvalue weighted by Crippen LogP contribution is 2.32. The summed E-state index contributed by atoms with van der Waals surface area (Å²) in [6.45, 7) is 3.45. The Hall–Kier alpha value is -2.33. The average Bonchev–Trinajstić information content (AvgIpc) is 2.83. The van der Waals surface area contributed by atoms with Gasteiger partial charge in [-0.2, -0.15) is 0 Å². The fourth-order valence-corrected chi connectivity index (χ4v) is 2.32. The van der Waals surface area contributed by atoms with E-state index in [0.717, 1.165) is 11.1 Å². The van der Waals surface area contributed by atoms with Gasteiger partial charge in [0.2, 0.25) is 11.8 Å². The summed E-state index contributed by atoms with van der Waals surface area (Å²) in [5.41, 5.74) is 3.89. The molecule has 0 radical (unpaired) electrons. The predicted octanol–water partition coefficient (Wildman–Crippen LogP) is 4.42. The molecule has 0 saturated heterocycles. The molecule has 106 valence electrons. The molecule has 1 amide bonds. The van der Waals surface area contributed by atoms with Crippen molar-refractivity contribution in [3.63, 3.8) is 0 Å². The lowest BCUT2D eigenvalue weighted by molar-refractivity contribution is -0.114. The van der Waals surface area contributed by atoms with Crippen molar-refractivity contribution in [3.8, 4) is 11.5 Å². The number of hydrogen-bond donors (Lipinski definition) is 1. The highest BCUT2D eigenvalue weighted by atomic mass is 35.5. The number of amides is 1. The second-order valence-electron chi connectivity index (χ2n) is 4.87. The zero-order chi connectivity index (χ0) is 15.0. The molecule has 4 nitrogen and oxygen atoms in total. The first-order chi connectivity index (χ1) is 10.0. The van der Waals surface area contributed by atoms with Gasteiger partial charge in [0, 0.05) is 12.6 Å². The van der Waals surface area contributed by atoms with Crippen molar-refractivity contribution in [1.82, 2.24) is 4.98 Å². The Kier molecular flexibility index (Phi) is 3.39. The van der Waals surface area contributed by atoms with E-state index in [1.54, 1.807) is 18.2 Å². The maximum Gasteiger partial charge on any atom is 0.228 e. The number of nitrogens with zero attached hydrogens (tertiary/aromatic N) is 1. The normalized spacial score (nSPS) is 10.8. The minimum Gasteiger partial charge on any atom is -0.436 e. The van der Waals surface area contributed by atoms with Gasteiger partial charge in [0.15, 0.2) is 5.58 Å². The SMILES string of the molecule is CC(=O)Nc1ccc(Cl)c(-c2nc3ccc(C)cc3o2)c1.